The van der Waals surface area contributed by atoms with E-state index in [1.165, 1.54) is 5.39 Å². The molecule has 0 fully saturated rings. The number of aryl methyl sites for hydroxylation is 1. The fourth-order valence-electron chi connectivity index (χ4n) is 1.40. The summed E-state index contributed by atoms with van der Waals surface area (Å²) in [7, 11) is 0. The minimum atomic E-state index is 0.483. The topological polar surface area (TPSA) is 12.9 Å². The van der Waals surface area contributed by atoms with E-state index < -0.39 is 0 Å². The molecule has 1 aromatic heterocycles. The van der Waals surface area contributed by atoms with E-state index in [-0.39, 0.29) is 0 Å². The lowest BCUT2D eigenvalue weighted by atomic mass is 10.1. The molecule has 0 bridgehead atoms. The van der Waals surface area contributed by atoms with E-state index in [1.54, 1.807) is 0 Å². The molecule has 1 aromatic carbocycles. The Labute approximate surface area is 82.4 Å². The highest BCUT2D eigenvalue weighted by Crippen LogP contribution is 2.16. The Morgan fingerprint density at radius 1 is 1.31 bits per heavy atom. The van der Waals surface area contributed by atoms with Gasteiger partial charge in [-0.2, -0.15) is 0 Å². The van der Waals surface area contributed by atoms with E-state index in [1.807, 2.05) is 25.1 Å². The van der Waals surface area contributed by atoms with Crippen molar-refractivity contribution in [3.63, 3.8) is 0 Å². The van der Waals surface area contributed by atoms with Crippen LogP contribution in [0.5, 0.6) is 0 Å². The van der Waals surface area contributed by atoms with Crippen molar-refractivity contribution in [1.29, 1.82) is 0 Å². The average molecular weight is 192 g/mol. The van der Waals surface area contributed by atoms with Crippen LogP contribution in [0.25, 0.3) is 10.9 Å². The maximum Gasteiger partial charge on any atom is 0.0706 e. The SMILES string of the molecule is Cc1cc2ccccc2nc1CCl. The molecule has 2 rings (SSSR count). The van der Waals surface area contributed by atoms with Crippen molar-refractivity contribution in [2.75, 3.05) is 0 Å². The van der Waals surface area contributed by atoms with Crippen LogP contribution in [-0.2, 0) is 5.88 Å². The summed E-state index contributed by atoms with van der Waals surface area (Å²) in [5.74, 6) is 0.483. The molecule has 0 unspecified atom stereocenters. The van der Waals surface area contributed by atoms with Gasteiger partial charge in [0.05, 0.1) is 17.1 Å². The predicted octanol–water partition coefficient (Wildman–Crippen LogP) is 3.28. The van der Waals surface area contributed by atoms with Gasteiger partial charge in [-0.3, -0.25) is 4.98 Å². The standard InChI is InChI=1S/C11H10ClN/c1-8-6-9-4-2-3-5-10(9)13-11(8)7-12/h2-6H,7H2,1H3. The Balaban J connectivity index is 2.74. The van der Waals surface area contributed by atoms with Crippen molar-refractivity contribution in [2.24, 2.45) is 0 Å². The van der Waals surface area contributed by atoms with Gasteiger partial charge in [0.2, 0.25) is 0 Å². The van der Waals surface area contributed by atoms with Crippen LogP contribution < -0.4 is 0 Å². The quantitative estimate of drug-likeness (QED) is 0.631. The van der Waals surface area contributed by atoms with Gasteiger partial charge in [-0.05, 0) is 24.6 Å². The highest BCUT2D eigenvalue weighted by atomic mass is 35.5. The number of hydrogen-bond acceptors (Lipinski definition) is 1. The third kappa shape index (κ3) is 1.52. The van der Waals surface area contributed by atoms with Gasteiger partial charge < -0.3 is 0 Å². The molecule has 0 aliphatic carbocycles. The number of para-hydroxylation sites is 1. The Bertz CT molecular complexity index is 437. The third-order valence-corrected chi connectivity index (χ3v) is 2.40. The minimum Gasteiger partial charge on any atom is -0.251 e. The lowest BCUT2D eigenvalue weighted by Gasteiger charge is -2.03. The first kappa shape index (κ1) is 8.52. The summed E-state index contributed by atoms with van der Waals surface area (Å²) in [6.07, 6.45) is 0. The summed E-state index contributed by atoms with van der Waals surface area (Å²) in [5.41, 5.74) is 3.15. The Morgan fingerprint density at radius 3 is 2.85 bits per heavy atom. The van der Waals surface area contributed by atoms with Gasteiger partial charge in [0.1, 0.15) is 0 Å². The molecular formula is C11H10ClN. The smallest absolute Gasteiger partial charge is 0.0706 e. The first-order valence-corrected chi connectivity index (χ1v) is 4.76. The minimum absolute atomic E-state index is 0.483. The monoisotopic (exact) mass is 191 g/mol. The van der Waals surface area contributed by atoms with E-state index in [2.05, 4.69) is 17.1 Å². The zero-order valence-electron chi connectivity index (χ0n) is 7.42. The first-order valence-electron chi connectivity index (χ1n) is 4.22. The van der Waals surface area contributed by atoms with E-state index in [0.717, 1.165) is 16.8 Å². The first-order chi connectivity index (χ1) is 6.31. The van der Waals surface area contributed by atoms with Crippen molar-refractivity contribution in [3.05, 3.63) is 41.6 Å². The van der Waals surface area contributed by atoms with Crippen LogP contribution in [0.1, 0.15) is 11.3 Å². The van der Waals surface area contributed by atoms with E-state index in [9.17, 15) is 0 Å². The molecule has 2 heteroatoms. The largest absolute Gasteiger partial charge is 0.251 e. The maximum absolute atomic E-state index is 5.77. The van der Waals surface area contributed by atoms with Crippen molar-refractivity contribution >= 4 is 22.5 Å². The molecule has 0 spiro atoms. The molecule has 0 saturated heterocycles. The highest BCUT2D eigenvalue weighted by molar-refractivity contribution is 6.17. The van der Waals surface area contributed by atoms with Gasteiger partial charge in [0.15, 0.2) is 0 Å². The molecule has 13 heavy (non-hydrogen) atoms. The van der Waals surface area contributed by atoms with Crippen LogP contribution in [0.15, 0.2) is 30.3 Å². The molecule has 0 saturated carbocycles. The van der Waals surface area contributed by atoms with Gasteiger partial charge >= 0.3 is 0 Å². The number of halogens is 1. The summed E-state index contributed by atoms with van der Waals surface area (Å²) < 4.78 is 0. The van der Waals surface area contributed by atoms with Gasteiger partial charge in [0, 0.05) is 5.39 Å². The second-order valence-corrected chi connectivity index (χ2v) is 3.35. The molecule has 0 aliphatic rings. The molecule has 1 nitrogen and oxygen atoms in total. The second kappa shape index (κ2) is 3.35. The van der Waals surface area contributed by atoms with Crippen LogP contribution in [0.2, 0.25) is 0 Å². The number of hydrogen-bond donors (Lipinski definition) is 0. The van der Waals surface area contributed by atoms with Crippen molar-refractivity contribution in [1.82, 2.24) is 4.98 Å². The van der Waals surface area contributed by atoms with Gasteiger partial charge in [-0.1, -0.05) is 18.2 Å². The van der Waals surface area contributed by atoms with Crippen molar-refractivity contribution in [2.45, 2.75) is 12.8 Å². The molecular weight excluding hydrogens is 182 g/mol. The third-order valence-electron chi connectivity index (χ3n) is 2.15. The number of rotatable bonds is 1. The summed E-state index contributed by atoms with van der Waals surface area (Å²) in [6.45, 7) is 2.04. The number of alkyl halides is 1. The maximum atomic E-state index is 5.77. The molecule has 0 radical (unpaired) electrons. The van der Waals surface area contributed by atoms with Crippen LogP contribution in [-0.4, -0.2) is 4.98 Å². The lowest BCUT2D eigenvalue weighted by molar-refractivity contribution is 1.16. The molecule has 2 aromatic rings. The summed E-state index contributed by atoms with van der Waals surface area (Å²) >= 11 is 5.77. The molecule has 0 aliphatic heterocycles. The Morgan fingerprint density at radius 2 is 2.08 bits per heavy atom. The number of nitrogens with zero attached hydrogens (tertiary/aromatic N) is 1. The number of aromatic nitrogens is 1. The van der Waals surface area contributed by atoms with E-state index in [0.29, 0.717) is 5.88 Å². The van der Waals surface area contributed by atoms with Crippen molar-refractivity contribution < 1.29 is 0 Å². The van der Waals surface area contributed by atoms with E-state index in [4.69, 9.17) is 11.6 Å². The van der Waals surface area contributed by atoms with Crippen LogP contribution in [0.4, 0.5) is 0 Å². The summed E-state index contributed by atoms with van der Waals surface area (Å²) in [5, 5.41) is 1.17. The number of pyridine rings is 1. The number of fused-ring (bicyclic) bond motifs is 1. The normalized spacial score (nSPS) is 10.6. The molecule has 0 N–H and O–H groups in total. The molecule has 0 amide bonds. The molecule has 1 heterocycles. The van der Waals surface area contributed by atoms with Gasteiger partial charge in [-0.25, -0.2) is 0 Å². The second-order valence-electron chi connectivity index (χ2n) is 3.08. The fraction of sp³-hybridized carbons (Fsp3) is 0.182. The Kier molecular flexibility index (Phi) is 2.19. The van der Waals surface area contributed by atoms with Crippen LogP contribution >= 0.6 is 11.6 Å². The molecule has 66 valence electrons. The zero-order valence-corrected chi connectivity index (χ0v) is 8.17. The van der Waals surface area contributed by atoms with E-state index >= 15 is 0 Å². The zero-order chi connectivity index (χ0) is 9.26. The Hall–Kier alpha value is -1.08. The fourth-order valence-corrected chi connectivity index (χ4v) is 1.67. The number of benzene rings is 1. The van der Waals surface area contributed by atoms with Gasteiger partial charge in [0.25, 0.3) is 0 Å². The van der Waals surface area contributed by atoms with Gasteiger partial charge in [-0.15, -0.1) is 11.6 Å². The van der Waals surface area contributed by atoms with Crippen molar-refractivity contribution in [3.8, 4) is 0 Å². The predicted molar refractivity (Wildman–Crippen MR) is 56.0 cm³/mol. The summed E-state index contributed by atoms with van der Waals surface area (Å²) in [6, 6.07) is 10.2. The highest BCUT2D eigenvalue weighted by Gasteiger charge is 2.00. The van der Waals surface area contributed by atoms with Crippen LogP contribution in [0.3, 0.4) is 0 Å². The van der Waals surface area contributed by atoms with Crippen LogP contribution in [0, 0.1) is 6.92 Å². The summed E-state index contributed by atoms with van der Waals surface area (Å²) in [4.78, 5) is 4.46. The lowest BCUT2D eigenvalue weighted by Crippen LogP contribution is -1.90. The average Bonchev–Trinajstić information content (AvgIpc) is 2.17. The molecule has 0 atom stereocenters.